The maximum absolute atomic E-state index is 3.77. The summed E-state index contributed by atoms with van der Waals surface area (Å²) in [6.07, 6.45) is 10.9. The second-order valence-electron chi connectivity index (χ2n) is 6.18. The zero-order valence-electron chi connectivity index (χ0n) is 9.91. The standard InChI is InChI=1S/C14H22N2/c1-3-11-10-4-2-6-15-13(10)7-9-8-16-12(5-1)14(9)11/h8,10-16H,1-7H2/t10?,11?,12?,13-,14?/m1/s1. The highest BCUT2D eigenvalue weighted by Gasteiger charge is 2.48. The molecular formula is C14H22N2. The zero-order valence-corrected chi connectivity index (χ0v) is 9.91. The molecule has 4 aliphatic rings. The van der Waals surface area contributed by atoms with Crippen LogP contribution in [0.15, 0.2) is 11.8 Å². The molecule has 0 aromatic heterocycles. The molecule has 0 radical (unpaired) electrons. The van der Waals surface area contributed by atoms with Gasteiger partial charge < -0.3 is 10.6 Å². The summed E-state index contributed by atoms with van der Waals surface area (Å²) in [5.41, 5.74) is 1.74. The van der Waals surface area contributed by atoms with E-state index in [0.29, 0.717) is 0 Å². The lowest BCUT2D eigenvalue weighted by molar-refractivity contribution is 0.0798. The predicted molar refractivity (Wildman–Crippen MR) is 65.0 cm³/mol. The van der Waals surface area contributed by atoms with E-state index in [9.17, 15) is 0 Å². The summed E-state index contributed by atoms with van der Waals surface area (Å²) in [7, 11) is 0. The maximum Gasteiger partial charge on any atom is 0.0324 e. The first kappa shape index (κ1) is 9.52. The van der Waals surface area contributed by atoms with Crippen molar-refractivity contribution in [3.63, 3.8) is 0 Å². The van der Waals surface area contributed by atoms with Crippen LogP contribution in [-0.2, 0) is 0 Å². The smallest absolute Gasteiger partial charge is 0.0324 e. The summed E-state index contributed by atoms with van der Waals surface area (Å²) >= 11 is 0. The summed E-state index contributed by atoms with van der Waals surface area (Å²) < 4.78 is 0. The number of fused-ring (bicyclic) bond motifs is 2. The molecule has 0 spiro atoms. The van der Waals surface area contributed by atoms with Crippen molar-refractivity contribution in [1.29, 1.82) is 0 Å². The summed E-state index contributed by atoms with van der Waals surface area (Å²) in [6, 6.07) is 1.61. The van der Waals surface area contributed by atoms with E-state index in [4.69, 9.17) is 0 Å². The number of hydrogen-bond acceptors (Lipinski definition) is 2. The minimum atomic E-state index is 0.802. The van der Waals surface area contributed by atoms with E-state index in [1.165, 1.54) is 45.1 Å². The van der Waals surface area contributed by atoms with Crippen molar-refractivity contribution in [3.05, 3.63) is 11.8 Å². The molecule has 2 heteroatoms. The van der Waals surface area contributed by atoms with Gasteiger partial charge in [0, 0.05) is 18.0 Å². The Kier molecular flexibility index (Phi) is 2.08. The van der Waals surface area contributed by atoms with Crippen LogP contribution in [-0.4, -0.2) is 18.6 Å². The van der Waals surface area contributed by atoms with Gasteiger partial charge in [0.25, 0.3) is 0 Å². The van der Waals surface area contributed by atoms with Crippen molar-refractivity contribution >= 4 is 0 Å². The molecule has 1 saturated heterocycles. The topological polar surface area (TPSA) is 24.1 Å². The molecule has 2 aliphatic carbocycles. The van der Waals surface area contributed by atoms with E-state index in [0.717, 1.165) is 29.8 Å². The highest BCUT2D eigenvalue weighted by atomic mass is 15.0. The Labute approximate surface area is 97.9 Å². The van der Waals surface area contributed by atoms with Gasteiger partial charge >= 0.3 is 0 Å². The van der Waals surface area contributed by atoms with Crippen LogP contribution >= 0.6 is 0 Å². The van der Waals surface area contributed by atoms with Crippen LogP contribution in [0.25, 0.3) is 0 Å². The van der Waals surface area contributed by atoms with Gasteiger partial charge in [-0.05, 0) is 62.3 Å². The molecule has 0 aromatic rings. The third-order valence-electron chi connectivity index (χ3n) is 5.50. The average Bonchev–Trinajstić information content (AvgIpc) is 2.75. The van der Waals surface area contributed by atoms with E-state index in [-0.39, 0.29) is 0 Å². The largest absolute Gasteiger partial charge is 0.388 e. The van der Waals surface area contributed by atoms with Crippen LogP contribution in [0.4, 0.5) is 0 Å². The van der Waals surface area contributed by atoms with Gasteiger partial charge in [-0.2, -0.15) is 0 Å². The van der Waals surface area contributed by atoms with Gasteiger partial charge in [-0.25, -0.2) is 0 Å². The van der Waals surface area contributed by atoms with E-state index in [1.807, 2.05) is 0 Å². The minimum absolute atomic E-state index is 0.802. The van der Waals surface area contributed by atoms with Gasteiger partial charge in [0.1, 0.15) is 0 Å². The number of nitrogens with one attached hydrogen (secondary N) is 2. The molecule has 2 nitrogen and oxygen atoms in total. The molecule has 4 rings (SSSR count). The fourth-order valence-corrected chi connectivity index (χ4v) is 4.90. The van der Waals surface area contributed by atoms with Gasteiger partial charge in [-0.15, -0.1) is 0 Å². The highest BCUT2D eigenvalue weighted by Crippen LogP contribution is 2.50. The van der Waals surface area contributed by atoms with Gasteiger partial charge in [0.15, 0.2) is 0 Å². The molecule has 2 N–H and O–H groups in total. The normalized spacial score (nSPS) is 50.0. The second-order valence-corrected chi connectivity index (χ2v) is 6.18. The Hall–Kier alpha value is -0.500. The van der Waals surface area contributed by atoms with Crippen LogP contribution in [0.5, 0.6) is 0 Å². The first-order valence-electron chi connectivity index (χ1n) is 7.12. The van der Waals surface area contributed by atoms with Crippen LogP contribution in [0.1, 0.15) is 38.5 Å². The first-order chi connectivity index (χ1) is 7.93. The first-order valence-corrected chi connectivity index (χ1v) is 7.12. The van der Waals surface area contributed by atoms with E-state index in [1.54, 1.807) is 5.57 Å². The molecule has 2 heterocycles. The van der Waals surface area contributed by atoms with Crippen molar-refractivity contribution in [2.45, 2.75) is 50.6 Å². The maximum atomic E-state index is 3.77. The molecule has 0 bridgehead atoms. The number of rotatable bonds is 0. The highest BCUT2D eigenvalue weighted by molar-refractivity contribution is 5.24. The van der Waals surface area contributed by atoms with Crippen LogP contribution in [0.3, 0.4) is 0 Å². The monoisotopic (exact) mass is 218 g/mol. The average molecular weight is 218 g/mol. The fraction of sp³-hybridized carbons (Fsp3) is 0.857. The zero-order chi connectivity index (χ0) is 10.5. The van der Waals surface area contributed by atoms with Crippen molar-refractivity contribution in [1.82, 2.24) is 10.6 Å². The molecule has 16 heavy (non-hydrogen) atoms. The molecule has 4 unspecified atom stereocenters. The quantitative estimate of drug-likeness (QED) is 0.650. The lowest BCUT2D eigenvalue weighted by atomic mass is 9.59. The molecule has 2 aliphatic heterocycles. The third kappa shape index (κ3) is 1.22. The fourth-order valence-electron chi connectivity index (χ4n) is 4.90. The van der Waals surface area contributed by atoms with E-state index in [2.05, 4.69) is 16.8 Å². The Bertz CT molecular complexity index is 323. The van der Waals surface area contributed by atoms with Gasteiger partial charge in [0.2, 0.25) is 0 Å². The second kappa shape index (κ2) is 3.49. The summed E-state index contributed by atoms with van der Waals surface area (Å²) in [4.78, 5) is 0. The summed E-state index contributed by atoms with van der Waals surface area (Å²) in [5, 5.41) is 7.42. The summed E-state index contributed by atoms with van der Waals surface area (Å²) in [5.74, 6) is 2.89. The van der Waals surface area contributed by atoms with Crippen LogP contribution in [0.2, 0.25) is 0 Å². The molecule has 3 fully saturated rings. The van der Waals surface area contributed by atoms with Crippen LogP contribution in [0, 0.1) is 17.8 Å². The van der Waals surface area contributed by atoms with Crippen molar-refractivity contribution in [2.75, 3.05) is 6.54 Å². The number of piperidine rings is 1. The van der Waals surface area contributed by atoms with Gasteiger partial charge in [-0.1, -0.05) is 6.42 Å². The Morgan fingerprint density at radius 1 is 1.00 bits per heavy atom. The molecule has 88 valence electrons. The van der Waals surface area contributed by atoms with Crippen molar-refractivity contribution in [3.8, 4) is 0 Å². The Balaban J connectivity index is 1.67. The van der Waals surface area contributed by atoms with Crippen molar-refractivity contribution in [2.24, 2.45) is 17.8 Å². The predicted octanol–water partition coefficient (Wildman–Crippen LogP) is 2.03. The minimum Gasteiger partial charge on any atom is -0.388 e. The molecule has 0 aromatic carbocycles. The Morgan fingerprint density at radius 2 is 1.94 bits per heavy atom. The van der Waals surface area contributed by atoms with E-state index < -0.39 is 0 Å². The molecular weight excluding hydrogens is 196 g/mol. The molecule has 0 amide bonds. The lowest BCUT2D eigenvalue weighted by Crippen LogP contribution is -2.53. The third-order valence-corrected chi connectivity index (χ3v) is 5.50. The Morgan fingerprint density at radius 3 is 2.94 bits per heavy atom. The SMILES string of the molecule is C1=C2C[C@H]3NCCCC3C3CCCC(N1)C23. The van der Waals surface area contributed by atoms with Crippen LogP contribution < -0.4 is 10.6 Å². The lowest BCUT2D eigenvalue weighted by Gasteiger charge is -2.49. The van der Waals surface area contributed by atoms with Gasteiger partial charge in [-0.3, -0.25) is 0 Å². The number of hydrogen-bond donors (Lipinski definition) is 2. The molecule has 5 atom stereocenters. The van der Waals surface area contributed by atoms with E-state index >= 15 is 0 Å². The van der Waals surface area contributed by atoms with Crippen molar-refractivity contribution < 1.29 is 0 Å². The molecule has 2 saturated carbocycles. The summed E-state index contributed by atoms with van der Waals surface area (Å²) in [6.45, 7) is 1.25. The van der Waals surface area contributed by atoms with Gasteiger partial charge in [0.05, 0.1) is 0 Å².